The highest BCUT2D eigenvalue weighted by atomic mass is 16.4. The zero-order chi connectivity index (χ0) is 33.5. The van der Waals surface area contributed by atoms with Gasteiger partial charge in [0.2, 0.25) is 29.5 Å². The average molecular weight is 631 g/mol. The molecule has 0 radical (unpaired) electrons. The minimum atomic E-state index is -1.16. The molecule has 248 valence electrons. The smallest absolute Gasteiger partial charge is 0.326 e. The molecule has 9 N–H and O–H groups in total. The number of carbonyl (C=O) groups is 6. The summed E-state index contributed by atoms with van der Waals surface area (Å²) in [6.07, 6.45) is 3.24. The molecule has 1 aromatic carbocycles. The fourth-order valence-electron chi connectivity index (χ4n) is 4.74. The number of rotatable bonds is 18. The molecule has 45 heavy (non-hydrogen) atoms. The molecule has 1 heterocycles. The van der Waals surface area contributed by atoms with Gasteiger partial charge in [-0.05, 0) is 64.9 Å². The zero-order valence-corrected chi connectivity index (χ0v) is 26.1. The number of carboxylic acid groups (broad SMARTS) is 1. The molecule has 1 unspecified atom stereocenters. The van der Waals surface area contributed by atoms with Crippen LogP contribution in [-0.4, -0.2) is 94.8 Å². The van der Waals surface area contributed by atoms with Crippen LogP contribution in [0.25, 0.3) is 0 Å². The molecule has 5 atom stereocenters. The number of hydrogen-bond acceptors (Lipinski definition) is 7. The quantitative estimate of drug-likeness (QED) is 0.0606. The highest BCUT2D eigenvalue weighted by Crippen LogP contribution is 2.15. The molecule has 1 fully saturated rings. The van der Waals surface area contributed by atoms with Crippen molar-refractivity contribution in [3.05, 3.63) is 35.9 Å². The number of guanidine groups is 1. The van der Waals surface area contributed by atoms with Gasteiger partial charge in [0.1, 0.15) is 30.2 Å². The van der Waals surface area contributed by atoms with Crippen LogP contribution in [0.15, 0.2) is 35.3 Å². The molecule has 2 rings (SSSR count). The number of hydrogen-bond donors (Lipinski definition) is 7. The summed E-state index contributed by atoms with van der Waals surface area (Å²) in [4.78, 5) is 80.2. The lowest BCUT2D eigenvalue weighted by atomic mass is 10.1. The van der Waals surface area contributed by atoms with Crippen molar-refractivity contribution in [1.29, 1.82) is 0 Å². The van der Waals surface area contributed by atoms with Gasteiger partial charge in [-0.1, -0.05) is 30.3 Å². The Kier molecular flexibility index (Phi) is 14.8. The molecular weight excluding hydrogens is 584 g/mol. The van der Waals surface area contributed by atoms with Crippen LogP contribution in [0, 0.1) is 0 Å². The van der Waals surface area contributed by atoms with Crippen LogP contribution >= 0.6 is 0 Å². The molecule has 0 aliphatic carbocycles. The Balaban J connectivity index is 1.90. The Hall–Kier alpha value is -4.69. The Labute approximate surface area is 262 Å². The van der Waals surface area contributed by atoms with E-state index < -0.39 is 59.8 Å². The highest BCUT2D eigenvalue weighted by Gasteiger charge is 2.38. The topological polar surface area (TPSA) is 238 Å². The van der Waals surface area contributed by atoms with Crippen molar-refractivity contribution in [3.63, 3.8) is 0 Å². The molecule has 0 aromatic heterocycles. The Morgan fingerprint density at radius 1 is 0.933 bits per heavy atom. The summed E-state index contributed by atoms with van der Waals surface area (Å²) in [5.74, 6) is -3.98. The molecule has 1 aliphatic heterocycles. The summed E-state index contributed by atoms with van der Waals surface area (Å²) in [5.41, 5.74) is 11.9. The van der Waals surface area contributed by atoms with Crippen LogP contribution in [0.2, 0.25) is 0 Å². The molecule has 1 aromatic rings. The van der Waals surface area contributed by atoms with Gasteiger partial charge in [0.25, 0.3) is 0 Å². The Morgan fingerprint density at radius 2 is 1.60 bits per heavy atom. The van der Waals surface area contributed by atoms with Gasteiger partial charge < -0.3 is 42.7 Å². The average Bonchev–Trinajstić information content (AvgIpc) is 3.35. The third kappa shape index (κ3) is 12.4. The fourth-order valence-corrected chi connectivity index (χ4v) is 4.74. The lowest BCUT2D eigenvalue weighted by molar-refractivity contribution is -0.148. The van der Waals surface area contributed by atoms with Crippen molar-refractivity contribution in [2.75, 3.05) is 13.1 Å². The number of unbranched alkanes of at least 4 members (excludes halogenated alkanes) is 1. The Bertz CT molecular complexity index is 1220. The highest BCUT2D eigenvalue weighted by molar-refractivity contribution is 5.96. The van der Waals surface area contributed by atoms with Crippen molar-refractivity contribution in [3.8, 4) is 0 Å². The predicted octanol–water partition coefficient (Wildman–Crippen LogP) is -0.863. The first kappa shape index (κ1) is 36.5. The summed E-state index contributed by atoms with van der Waals surface area (Å²) >= 11 is 0. The fraction of sp³-hybridized carbons (Fsp3) is 0.567. The van der Waals surface area contributed by atoms with E-state index in [1.54, 1.807) is 0 Å². The number of nitrogens with zero attached hydrogens (tertiary/aromatic N) is 2. The summed E-state index contributed by atoms with van der Waals surface area (Å²) in [5, 5.41) is 19.6. The number of benzene rings is 1. The van der Waals surface area contributed by atoms with E-state index in [1.165, 1.54) is 31.2 Å². The minimum absolute atomic E-state index is 0.122. The van der Waals surface area contributed by atoms with Gasteiger partial charge in [0.15, 0.2) is 5.96 Å². The molecule has 0 spiro atoms. The van der Waals surface area contributed by atoms with Crippen molar-refractivity contribution in [2.45, 2.75) is 95.9 Å². The first-order chi connectivity index (χ1) is 21.3. The standard InChI is InChI=1S/C30H46N8O7/c1-18(34-24(39)14-8-7-12-21-10-5-4-6-11-21)25(40)36-22(13-9-16-33-30(31)32)27(42)35-19(2)26(41)37-23-15-17-38(28(23)43)20(3)29(44)45/h4-6,10-11,18-20,22-23H,7-9,12-17H2,1-3H3,(H,34,39)(H,35,42)(H,36,40)(H,37,41)(H,44,45)(H4,31,32,33)/t18-,19-,20-,22?,23+/m0/s1. The normalized spacial score (nSPS) is 16.9. The second-order valence-electron chi connectivity index (χ2n) is 11.1. The Morgan fingerprint density at radius 3 is 2.24 bits per heavy atom. The molecule has 0 saturated carbocycles. The number of likely N-dealkylation sites (tertiary alicyclic amines) is 1. The van der Waals surface area contributed by atoms with E-state index in [4.69, 9.17) is 11.5 Å². The van der Waals surface area contributed by atoms with Crippen LogP contribution in [-0.2, 0) is 35.2 Å². The van der Waals surface area contributed by atoms with E-state index in [1.807, 2.05) is 30.3 Å². The van der Waals surface area contributed by atoms with Gasteiger partial charge in [0.05, 0.1) is 0 Å². The number of carboxylic acids is 1. The molecule has 15 nitrogen and oxygen atoms in total. The molecule has 1 aliphatic rings. The molecule has 5 amide bonds. The third-order valence-electron chi connectivity index (χ3n) is 7.44. The number of aryl methyl sites for hydroxylation is 1. The number of aliphatic imine (C=N–C) groups is 1. The van der Waals surface area contributed by atoms with Crippen molar-refractivity contribution in [1.82, 2.24) is 26.2 Å². The predicted molar refractivity (Wildman–Crippen MR) is 166 cm³/mol. The van der Waals surface area contributed by atoms with Crippen LogP contribution < -0.4 is 32.7 Å². The van der Waals surface area contributed by atoms with E-state index >= 15 is 0 Å². The van der Waals surface area contributed by atoms with E-state index in [0.29, 0.717) is 12.8 Å². The van der Waals surface area contributed by atoms with Gasteiger partial charge in [0, 0.05) is 19.5 Å². The third-order valence-corrected chi connectivity index (χ3v) is 7.44. The second kappa shape index (κ2) is 18.2. The van der Waals surface area contributed by atoms with E-state index in [-0.39, 0.29) is 44.2 Å². The maximum atomic E-state index is 13.2. The van der Waals surface area contributed by atoms with Gasteiger partial charge >= 0.3 is 5.97 Å². The number of nitrogens with two attached hydrogens (primary N) is 2. The SMILES string of the molecule is C[C@H](NC(=O)CCCCc1ccccc1)C(=O)NC(CCCN=C(N)N)C(=O)N[C@@H](C)C(=O)N[C@@H]1CCN([C@@H](C)C(=O)O)C1=O. The van der Waals surface area contributed by atoms with Crippen molar-refractivity contribution in [2.24, 2.45) is 16.5 Å². The first-order valence-electron chi connectivity index (χ1n) is 15.1. The van der Waals surface area contributed by atoms with Crippen molar-refractivity contribution >= 4 is 41.5 Å². The maximum absolute atomic E-state index is 13.2. The first-order valence-corrected chi connectivity index (χ1v) is 15.1. The number of aliphatic carboxylic acids is 1. The summed E-state index contributed by atoms with van der Waals surface area (Å²) in [7, 11) is 0. The largest absolute Gasteiger partial charge is 0.480 e. The second-order valence-corrected chi connectivity index (χ2v) is 11.1. The lowest BCUT2D eigenvalue weighted by Crippen LogP contribution is -2.56. The van der Waals surface area contributed by atoms with Gasteiger partial charge in [-0.2, -0.15) is 0 Å². The summed E-state index contributed by atoms with van der Waals surface area (Å²) in [6, 6.07) is 4.88. The summed E-state index contributed by atoms with van der Waals surface area (Å²) < 4.78 is 0. The van der Waals surface area contributed by atoms with E-state index in [2.05, 4.69) is 26.3 Å². The molecule has 15 heteroatoms. The maximum Gasteiger partial charge on any atom is 0.326 e. The van der Waals surface area contributed by atoms with E-state index in [9.17, 15) is 33.9 Å². The number of nitrogens with one attached hydrogen (secondary N) is 4. The van der Waals surface area contributed by atoms with Crippen molar-refractivity contribution < 1.29 is 33.9 Å². The van der Waals surface area contributed by atoms with Crippen LogP contribution in [0.5, 0.6) is 0 Å². The minimum Gasteiger partial charge on any atom is -0.480 e. The van der Waals surface area contributed by atoms with Crippen LogP contribution in [0.1, 0.15) is 64.9 Å². The van der Waals surface area contributed by atoms with Gasteiger partial charge in [-0.15, -0.1) is 0 Å². The monoisotopic (exact) mass is 630 g/mol. The summed E-state index contributed by atoms with van der Waals surface area (Å²) in [6.45, 7) is 4.68. The molecule has 1 saturated heterocycles. The van der Waals surface area contributed by atoms with Gasteiger partial charge in [-0.25, -0.2) is 4.79 Å². The van der Waals surface area contributed by atoms with Gasteiger partial charge in [-0.3, -0.25) is 29.0 Å². The number of amides is 5. The molecule has 0 bridgehead atoms. The van der Waals surface area contributed by atoms with Crippen LogP contribution in [0.3, 0.4) is 0 Å². The van der Waals surface area contributed by atoms with Crippen LogP contribution in [0.4, 0.5) is 0 Å². The lowest BCUT2D eigenvalue weighted by Gasteiger charge is -2.24. The number of carbonyl (C=O) groups excluding carboxylic acids is 5. The zero-order valence-electron chi connectivity index (χ0n) is 26.1. The molecular formula is C30H46N8O7. The van der Waals surface area contributed by atoms with E-state index in [0.717, 1.165) is 12.8 Å².